The summed E-state index contributed by atoms with van der Waals surface area (Å²) in [7, 11) is 0. The summed E-state index contributed by atoms with van der Waals surface area (Å²) in [5.74, 6) is -2.25. The molecule has 7 N–H and O–H groups in total. The molecule has 9 heteroatoms. The van der Waals surface area contributed by atoms with Crippen LogP contribution in [0.25, 0.3) is 33.5 Å². The van der Waals surface area contributed by atoms with E-state index in [0.717, 1.165) is 18.2 Å². The highest BCUT2D eigenvalue weighted by Gasteiger charge is 2.23. The van der Waals surface area contributed by atoms with E-state index in [1.807, 2.05) is 0 Å². The number of nitrogen functional groups attached to an aromatic ring is 1. The van der Waals surface area contributed by atoms with Gasteiger partial charge in [-0.25, -0.2) is 9.37 Å². The van der Waals surface area contributed by atoms with E-state index in [9.17, 15) is 24.5 Å². The number of benzene rings is 3. The number of phenols is 2. The monoisotopic (exact) mass is 420 g/mol. The van der Waals surface area contributed by atoms with Crippen LogP contribution in [-0.4, -0.2) is 37.1 Å². The summed E-state index contributed by atoms with van der Waals surface area (Å²) in [4.78, 5) is 19.0. The van der Waals surface area contributed by atoms with Crippen LogP contribution in [0.2, 0.25) is 0 Å². The number of imidazole rings is 1. The summed E-state index contributed by atoms with van der Waals surface area (Å²) < 4.78 is 14.0. The van der Waals surface area contributed by atoms with Crippen molar-refractivity contribution in [3.05, 3.63) is 65.5 Å². The number of nitrogens with two attached hydrogens (primary N) is 1. The van der Waals surface area contributed by atoms with Gasteiger partial charge >= 0.3 is 5.97 Å². The second-order valence-corrected chi connectivity index (χ2v) is 6.96. The summed E-state index contributed by atoms with van der Waals surface area (Å²) >= 11 is 0. The highest BCUT2D eigenvalue weighted by Crippen LogP contribution is 2.44. The Balaban J connectivity index is 2.04. The standard InChI is InChI=1S/C22H17FN4O4/c23-12-3-6-16(28)13(9-12)20-17(29)5-2-10(8-18(30)31)19(20)22-26-14-4-1-11(21(24)25)7-15(14)27-22/h1-7,9,28-29H,8H2,(H3,24,25)(H,26,27)(H,30,31). The number of phenolic OH excluding ortho intramolecular Hbond substituents is 2. The smallest absolute Gasteiger partial charge is 0.307 e. The van der Waals surface area contributed by atoms with Crippen molar-refractivity contribution >= 4 is 22.8 Å². The van der Waals surface area contributed by atoms with Crippen LogP contribution in [0, 0.1) is 11.2 Å². The molecular formula is C22H17FN4O4. The van der Waals surface area contributed by atoms with Crippen LogP contribution in [-0.2, 0) is 11.2 Å². The van der Waals surface area contributed by atoms with E-state index in [1.165, 1.54) is 12.1 Å². The van der Waals surface area contributed by atoms with Crippen molar-refractivity contribution < 1.29 is 24.5 Å². The van der Waals surface area contributed by atoms with Crippen molar-refractivity contribution in [2.45, 2.75) is 6.42 Å². The maximum atomic E-state index is 14.0. The fourth-order valence-corrected chi connectivity index (χ4v) is 3.49. The minimum atomic E-state index is -1.11. The number of carboxylic acid groups (broad SMARTS) is 1. The van der Waals surface area contributed by atoms with Crippen molar-refractivity contribution in [3.8, 4) is 34.0 Å². The predicted octanol–water partition coefficient (Wildman–Crippen LogP) is 3.36. The predicted molar refractivity (Wildman–Crippen MR) is 113 cm³/mol. The van der Waals surface area contributed by atoms with Gasteiger partial charge in [-0.15, -0.1) is 0 Å². The van der Waals surface area contributed by atoms with E-state index in [4.69, 9.17) is 11.1 Å². The van der Waals surface area contributed by atoms with Gasteiger partial charge in [-0.3, -0.25) is 10.2 Å². The lowest BCUT2D eigenvalue weighted by molar-refractivity contribution is -0.136. The van der Waals surface area contributed by atoms with E-state index in [1.54, 1.807) is 18.2 Å². The largest absolute Gasteiger partial charge is 0.507 e. The number of aliphatic carboxylic acids is 1. The Hall–Kier alpha value is -4.40. The van der Waals surface area contributed by atoms with E-state index in [2.05, 4.69) is 9.97 Å². The number of H-pyrrole nitrogens is 1. The Bertz CT molecular complexity index is 1360. The maximum Gasteiger partial charge on any atom is 0.307 e. The Kier molecular flexibility index (Phi) is 4.78. The topological polar surface area (TPSA) is 156 Å². The minimum Gasteiger partial charge on any atom is -0.507 e. The van der Waals surface area contributed by atoms with Crippen LogP contribution in [0.15, 0.2) is 48.5 Å². The summed E-state index contributed by atoms with van der Waals surface area (Å²) in [6.07, 6.45) is -0.394. The van der Waals surface area contributed by atoms with Crippen LogP contribution in [0.5, 0.6) is 11.5 Å². The molecule has 0 bridgehead atoms. The second kappa shape index (κ2) is 7.45. The van der Waals surface area contributed by atoms with Gasteiger partial charge in [0.25, 0.3) is 0 Å². The zero-order chi connectivity index (χ0) is 22.3. The number of rotatable bonds is 5. The molecular weight excluding hydrogens is 403 g/mol. The van der Waals surface area contributed by atoms with Crippen LogP contribution in [0.3, 0.4) is 0 Å². The number of nitrogens with one attached hydrogen (secondary N) is 2. The number of hydrogen-bond donors (Lipinski definition) is 6. The number of carbonyl (C=O) groups is 1. The zero-order valence-corrected chi connectivity index (χ0v) is 16.0. The fourth-order valence-electron chi connectivity index (χ4n) is 3.49. The fraction of sp³-hybridized carbons (Fsp3) is 0.0455. The van der Waals surface area contributed by atoms with Gasteiger partial charge in [0.2, 0.25) is 0 Å². The van der Waals surface area contributed by atoms with Crippen LogP contribution >= 0.6 is 0 Å². The van der Waals surface area contributed by atoms with Gasteiger partial charge in [0, 0.05) is 22.3 Å². The molecule has 1 heterocycles. The van der Waals surface area contributed by atoms with Gasteiger partial charge < -0.3 is 26.0 Å². The molecule has 0 atom stereocenters. The quantitative estimate of drug-likeness (QED) is 0.215. The van der Waals surface area contributed by atoms with Gasteiger partial charge in [0.1, 0.15) is 29.0 Å². The lowest BCUT2D eigenvalue weighted by Crippen LogP contribution is -2.10. The van der Waals surface area contributed by atoms with Crippen molar-refractivity contribution in [1.29, 1.82) is 5.41 Å². The summed E-state index contributed by atoms with van der Waals surface area (Å²) in [5.41, 5.74) is 7.59. The number of aromatic amines is 1. The van der Waals surface area contributed by atoms with Crippen molar-refractivity contribution in [2.24, 2.45) is 5.73 Å². The van der Waals surface area contributed by atoms with E-state index in [-0.39, 0.29) is 39.8 Å². The Labute approximate surface area is 174 Å². The molecule has 0 saturated heterocycles. The third-order valence-electron chi connectivity index (χ3n) is 4.87. The zero-order valence-electron chi connectivity index (χ0n) is 16.0. The Morgan fingerprint density at radius 2 is 1.81 bits per heavy atom. The lowest BCUT2D eigenvalue weighted by atomic mass is 9.92. The first-order valence-electron chi connectivity index (χ1n) is 9.14. The molecule has 0 amide bonds. The van der Waals surface area contributed by atoms with Gasteiger partial charge in [-0.2, -0.15) is 0 Å². The van der Waals surface area contributed by atoms with Crippen LogP contribution in [0.1, 0.15) is 11.1 Å². The Morgan fingerprint density at radius 1 is 1.06 bits per heavy atom. The van der Waals surface area contributed by atoms with E-state index >= 15 is 0 Å². The third-order valence-corrected chi connectivity index (χ3v) is 4.87. The van der Waals surface area contributed by atoms with Crippen LogP contribution in [0.4, 0.5) is 4.39 Å². The molecule has 4 aromatic rings. The van der Waals surface area contributed by atoms with Gasteiger partial charge in [0.15, 0.2) is 0 Å². The number of nitrogens with zero attached hydrogens (tertiary/aromatic N) is 1. The molecule has 0 saturated carbocycles. The van der Waals surface area contributed by atoms with Crippen molar-refractivity contribution in [2.75, 3.05) is 0 Å². The molecule has 4 rings (SSSR count). The second-order valence-electron chi connectivity index (χ2n) is 6.96. The van der Waals surface area contributed by atoms with E-state index < -0.39 is 18.2 Å². The van der Waals surface area contributed by atoms with Crippen molar-refractivity contribution in [3.63, 3.8) is 0 Å². The first-order valence-corrected chi connectivity index (χ1v) is 9.14. The molecule has 156 valence electrons. The average Bonchev–Trinajstić information content (AvgIpc) is 3.13. The molecule has 0 unspecified atom stereocenters. The normalized spacial score (nSPS) is 11.0. The Morgan fingerprint density at radius 3 is 2.52 bits per heavy atom. The van der Waals surface area contributed by atoms with Gasteiger partial charge in [-0.1, -0.05) is 6.07 Å². The van der Waals surface area contributed by atoms with Crippen LogP contribution < -0.4 is 5.73 Å². The molecule has 0 spiro atoms. The number of fused-ring (bicyclic) bond motifs is 1. The average molecular weight is 420 g/mol. The molecule has 8 nitrogen and oxygen atoms in total. The van der Waals surface area contributed by atoms with Gasteiger partial charge in [0.05, 0.1) is 17.5 Å². The van der Waals surface area contributed by atoms with Gasteiger partial charge in [-0.05, 0) is 48.0 Å². The molecule has 1 aromatic heterocycles. The first-order chi connectivity index (χ1) is 14.7. The molecule has 0 aliphatic heterocycles. The molecule has 0 aliphatic carbocycles. The SMILES string of the molecule is N=C(N)c1ccc2nc(-c3c(CC(=O)O)ccc(O)c3-c3cc(F)ccc3O)[nH]c2c1. The highest BCUT2D eigenvalue weighted by molar-refractivity contribution is 5.99. The maximum absolute atomic E-state index is 14.0. The number of aromatic nitrogens is 2. The molecule has 0 fully saturated rings. The highest BCUT2D eigenvalue weighted by atomic mass is 19.1. The number of hydrogen-bond acceptors (Lipinski definition) is 5. The summed E-state index contributed by atoms with van der Waals surface area (Å²) in [5, 5.41) is 37.9. The van der Waals surface area contributed by atoms with E-state index in [0.29, 0.717) is 22.2 Å². The number of amidine groups is 1. The third kappa shape index (κ3) is 3.64. The van der Waals surface area contributed by atoms with Crippen molar-refractivity contribution in [1.82, 2.24) is 9.97 Å². The molecule has 0 radical (unpaired) electrons. The molecule has 0 aliphatic rings. The first kappa shape index (κ1) is 19.9. The molecule has 31 heavy (non-hydrogen) atoms. The molecule has 3 aromatic carbocycles. The summed E-state index contributed by atoms with van der Waals surface area (Å²) in [6, 6.07) is 10.9. The number of aromatic hydroxyl groups is 2. The minimum absolute atomic E-state index is 0.00961. The lowest BCUT2D eigenvalue weighted by Gasteiger charge is -2.15. The number of halogens is 1. The summed E-state index contributed by atoms with van der Waals surface area (Å²) in [6.45, 7) is 0. The number of carboxylic acids is 1.